The molecule has 0 unspecified atom stereocenters. The Hall–Kier alpha value is -1.49. The van der Waals surface area contributed by atoms with Crippen LogP contribution in [0.2, 0.25) is 0 Å². The number of carboxylic acids is 1. The summed E-state index contributed by atoms with van der Waals surface area (Å²) in [6, 6.07) is 7.28. The molecule has 0 aliphatic rings. The number of aryl methyl sites for hydroxylation is 1. The summed E-state index contributed by atoms with van der Waals surface area (Å²) < 4.78 is 0. The smallest absolute Gasteiger partial charge is 0.303 e. The van der Waals surface area contributed by atoms with E-state index in [-0.39, 0.29) is 12.3 Å². The Morgan fingerprint density at radius 2 is 1.89 bits per heavy atom. The van der Waals surface area contributed by atoms with Gasteiger partial charge in [-0.25, -0.2) is 0 Å². The molecule has 0 atom stereocenters. The SMILES string of the molecule is CC(C)SCC(=O)Nc1ccc(CCC(=O)O)cc1. The van der Waals surface area contributed by atoms with Gasteiger partial charge in [0.05, 0.1) is 5.75 Å². The molecule has 0 fully saturated rings. The van der Waals surface area contributed by atoms with Crippen molar-refractivity contribution >= 4 is 29.3 Å². The number of amides is 1. The Balaban J connectivity index is 2.43. The summed E-state index contributed by atoms with van der Waals surface area (Å²) in [5.74, 6) is -0.376. The zero-order valence-corrected chi connectivity index (χ0v) is 12.0. The van der Waals surface area contributed by atoms with Crippen LogP contribution in [-0.2, 0) is 16.0 Å². The van der Waals surface area contributed by atoms with E-state index >= 15 is 0 Å². The number of nitrogens with one attached hydrogen (secondary N) is 1. The van der Waals surface area contributed by atoms with Gasteiger partial charge in [-0.3, -0.25) is 9.59 Å². The van der Waals surface area contributed by atoms with Crippen LogP contribution >= 0.6 is 11.8 Å². The van der Waals surface area contributed by atoms with Crippen LogP contribution in [0.25, 0.3) is 0 Å². The summed E-state index contributed by atoms with van der Waals surface area (Å²) in [7, 11) is 0. The van der Waals surface area contributed by atoms with Crippen molar-refractivity contribution in [3.63, 3.8) is 0 Å². The number of carbonyl (C=O) groups is 2. The van der Waals surface area contributed by atoms with Gasteiger partial charge in [-0.15, -0.1) is 11.8 Å². The molecule has 104 valence electrons. The van der Waals surface area contributed by atoms with Crippen molar-refractivity contribution in [2.75, 3.05) is 11.1 Å². The molecule has 0 aliphatic carbocycles. The Morgan fingerprint density at radius 3 is 2.42 bits per heavy atom. The molecule has 1 rings (SSSR count). The monoisotopic (exact) mass is 281 g/mol. The molecule has 0 saturated heterocycles. The molecule has 5 heteroatoms. The third-order valence-electron chi connectivity index (χ3n) is 2.41. The fraction of sp³-hybridized carbons (Fsp3) is 0.429. The van der Waals surface area contributed by atoms with Crippen molar-refractivity contribution in [2.24, 2.45) is 0 Å². The lowest BCUT2D eigenvalue weighted by Gasteiger charge is -2.07. The summed E-state index contributed by atoms with van der Waals surface area (Å²) in [4.78, 5) is 22.1. The van der Waals surface area contributed by atoms with Crippen molar-refractivity contribution < 1.29 is 14.7 Å². The molecule has 0 aliphatic heterocycles. The number of carboxylic acid groups (broad SMARTS) is 1. The first kappa shape index (κ1) is 15.6. The number of anilines is 1. The van der Waals surface area contributed by atoms with Crippen LogP contribution < -0.4 is 5.32 Å². The predicted octanol–water partition coefficient (Wildman–Crippen LogP) is 2.78. The van der Waals surface area contributed by atoms with Gasteiger partial charge in [0, 0.05) is 12.1 Å². The molecule has 0 radical (unpaired) electrons. The van der Waals surface area contributed by atoms with Crippen LogP contribution in [0.4, 0.5) is 5.69 Å². The third kappa shape index (κ3) is 6.86. The molecule has 1 aromatic rings. The van der Waals surface area contributed by atoms with Crippen LogP contribution in [0.3, 0.4) is 0 Å². The van der Waals surface area contributed by atoms with E-state index in [1.54, 1.807) is 23.9 Å². The molecule has 1 aromatic carbocycles. The van der Waals surface area contributed by atoms with Crippen LogP contribution in [0.15, 0.2) is 24.3 Å². The molecule has 0 spiro atoms. The van der Waals surface area contributed by atoms with Crippen molar-refractivity contribution in [1.82, 2.24) is 0 Å². The minimum Gasteiger partial charge on any atom is -0.481 e. The summed E-state index contributed by atoms with van der Waals surface area (Å²) >= 11 is 1.60. The van der Waals surface area contributed by atoms with Crippen LogP contribution in [0, 0.1) is 0 Å². The Bertz CT molecular complexity index is 429. The van der Waals surface area contributed by atoms with E-state index in [4.69, 9.17) is 5.11 Å². The van der Waals surface area contributed by atoms with E-state index < -0.39 is 5.97 Å². The van der Waals surface area contributed by atoms with Crippen molar-refractivity contribution in [1.29, 1.82) is 0 Å². The van der Waals surface area contributed by atoms with Crippen LogP contribution in [0.5, 0.6) is 0 Å². The number of hydrogen-bond acceptors (Lipinski definition) is 3. The third-order valence-corrected chi connectivity index (χ3v) is 3.51. The highest BCUT2D eigenvalue weighted by molar-refractivity contribution is 8.00. The van der Waals surface area contributed by atoms with E-state index in [9.17, 15) is 9.59 Å². The molecule has 0 aromatic heterocycles. The second-order valence-electron chi connectivity index (χ2n) is 4.50. The highest BCUT2D eigenvalue weighted by atomic mass is 32.2. The predicted molar refractivity (Wildman–Crippen MR) is 78.6 cm³/mol. The van der Waals surface area contributed by atoms with Gasteiger partial charge in [0.25, 0.3) is 0 Å². The van der Waals surface area contributed by atoms with Gasteiger partial charge in [0.2, 0.25) is 5.91 Å². The van der Waals surface area contributed by atoms with Crippen LogP contribution in [0.1, 0.15) is 25.8 Å². The molecule has 1 amide bonds. The van der Waals surface area contributed by atoms with Gasteiger partial charge >= 0.3 is 5.97 Å². The van der Waals surface area contributed by atoms with E-state index in [0.29, 0.717) is 17.4 Å². The van der Waals surface area contributed by atoms with E-state index in [1.165, 1.54) is 0 Å². The highest BCUT2D eigenvalue weighted by Gasteiger charge is 2.05. The lowest BCUT2D eigenvalue weighted by atomic mass is 10.1. The fourth-order valence-corrected chi connectivity index (χ4v) is 2.00. The minimum atomic E-state index is -0.803. The topological polar surface area (TPSA) is 66.4 Å². The van der Waals surface area contributed by atoms with E-state index in [0.717, 1.165) is 11.3 Å². The summed E-state index contributed by atoms with van der Waals surface area (Å²) in [5, 5.41) is 11.8. The maximum Gasteiger partial charge on any atom is 0.303 e. The number of aliphatic carboxylic acids is 1. The quantitative estimate of drug-likeness (QED) is 0.806. The first-order valence-corrected chi connectivity index (χ1v) is 7.24. The lowest BCUT2D eigenvalue weighted by molar-refractivity contribution is -0.137. The van der Waals surface area contributed by atoms with Gasteiger partial charge in [0.1, 0.15) is 0 Å². The number of benzene rings is 1. The number of carbonyl (C=O) groups excluding carboxylic acids is 1. The van der Waals surface area contributed by atoms with Crippen molar-refractivity contribution in [2.45, 2.75) is 31.9 Å². The van der Waals surface area contributed by atoms with Crippen LogP contribution in [-0.4, -0.2) is 28.0 Å². The van der Waals surface area contributed by atoms with Crippen molar-refractivity contribution in [3.8, 4) is 0 Å². The van der Waals surface area contributed by atoms with Gasteiger partial charge in [-0.2, -0.15) is 0 Å². The lowest BCUT2D eigenvalue weighted by Crippen LogP contribution is -2.15. The van der Waals surface area contributed by atoms with Gasteiger partial charge in [-0.1, -0.05) is 26.0 Å². The highest BCUT2D eigenvalue weighted by Crippen LogP contribution is 2.13. The van der Waals surface area contributed by atoms with Gasteiger partial charge < -0.3 is 10.4 Å². The van der Waals surface area contributed by atoms with E-state index in [1.807, 2.05) is 12.1 Å². The molecule has 2 N–H and O–H groups in total. The molecular weight excluding hydrogens is 262 g/mol. The normalized spacial score (nSPS) is 10.5. The molecule has 0 bridgehead atoms. The first-order chi connectivity index (χ1) is 8.97. The molecule has 0 heterocycles. The second kappa shape index (κ2) is 7.84. The molecule has 0 saturated carbocycles. The molecule has 19 heavy (non-hydrogen) atoms. The number of thioether (sulfide) groups is 1. The number of hydrogen-bond donors (Lipinski definition) is 2. The summed E-state index contributed by atoms with van der Waals surface area (Å²) in [6.07, 6.45) is 0.628. The Morgan fingerprint density at radius 1 is 1.26 bits per heavy atom. The average Bonchev–Trinajstić information content (AvgIpc) is 2.35. The zero-order chi connectivity index (χ0) is 14.3. The maximum absolute atomic E-state index is 11.6. The Labute approximate surface area is 117 Å². The first-order valence-electron chi connectivity index (χ1n) is 6.19. The second-order valence-corrected chi connectivity index (χ2v) is 6.06. The minimum absolute atomic E-state index is 0.0167. The molecular formula is C14H19NO3S. The Kier molecular flexibility index (Phi) is 6.42. The van der Waals surface area contributed by atoms with E-state index in [2.05, 4.69) is 19.2 Å². The van der Waals surface area contributed by atoms with Crippen molar-refractivity contribution in [3.05, 3.63) is 29.8 Å². The standard InChI is InChI=1S/C14H19NO3S/c1-10(2)19-9-13(16)15-12-6-3-11(4-7-12)5-8-14(17)18/h3-4,6-7,10H,5,8-9H2,1-2H3,(H,15,16)(H,17,18). The zero-order valence-electron chi connectivity index (χ0n) is 11.2. The average molecular weight is 281 g/mol. The molecule has 4 nitrogen and oxygen atoms in total. The fourth-order valence-electron chi connectivity index (χ4n) is 1.45. The maximum atomic E-state index is 11.6. The van der Waals surface area contributed by atoms with Gasteiger partial charge in [-0.05, 0) is 29.4 Å². The summed E-state index contributed by atoms with van der Waals surface area (Å²) in [6.45, 7) is 4.10. The number of rotatable bonds is 7. The van der Waals surface area contributed by atoms with Gasteiger partial charge in [0.15, 0.2) is 0 Å². The summed E-state index contributed by atoms with van der Waals surface area (Å²) in [5.41, 5.74) is 1.70. The largest absolute Gasteiger partial charge is 0.481 e.